The molecule has 0 aromatic heterocycles. The van der Waals surface area contributed by atoms with E-state index in [2.05, 4.69) is 6.58 Å². The Morgan fingerprint density at radius 2 is 1.15 bits per heavy atom. The standard InChI is InChI=1S/C25H26O8/c1-17(23(27)33-19(3)25(29)31-16-21-12-8-5-9-13-21)14-22(26)32-18(2)24(28)30-15-20-10-6-4-7-11-20/h4-13,18-19H,1,14-16H2,2-3H3. The van der Waals surface area contributed by atoms with Crippen LogP contribution in [0.2, 0.25) is 0 Å². The fourth-order valence-electron chi connectivity index (χ4n) is 2.52. The maximum absolute atomic E-state index is 12.1. The first kappa shape index (κ1) is 25.3. The smallest absolute Gasteiger partial charge is 0.347 e. The Hall–Kier alpha value is -3.94. The quantitative estimate of drug-likeness (QED) is 0.289. The molecular weight excluding hydrogens is 428 g/mol. The molecule has 0 radical (unpaired) electrons. The van der Waals surface area contributed by atoms with Crippen LogP contribution in [0.25, 0.3) is 0 Å². The minimum atomic E-state index is -1.19. The van der Waals surface area contributed by atoms with E-state index in [0.29, 0.717) is 0 Å². The van der Waals surface area contributed by atoms with Crippen molar-refractivity contribution in [2.75, 3.05) is 0 Å². The lowest BCUT2D eigenvalue weighted by Crippen LogP contribution is -2.29. The predicted molar refractivity (Wildman–Crippen MR) is 117 cm³/mol. The molecule has 0 saturated heterocycles. The molecule has 2 rings (SSSR count). The van der Waals surface area contributed by atoms with Gasteiger partial charge >= 0.3 is 23.9 Å². The second-order valence-corrected chi connectivity index (χ2v) is 7.15. The van der Waals surface area contributed by atoms with Crippen LogP contribution in [-0.2, 0) is 51.3 Å². The zero-order chi connectivity index (χ0) is 24.2. The summed E-state index contributed by atoms with van der Waals surface area (Å²) in [6.45, 7) is 6.27. The second-order valence-electron chi connectivity index (χ2n) is 7.15. The van der Waals surface area contributed by atoms with Gasteiger partial charge in [-0.3, -0.25) is 4.79 Å². The summed E-state index contributed by atoms with van der Waals surface area (Å²) in [5.74, 6) is -3.27. The zero-order valence-electron chi connectivity index (χ0n) is 18.5. The van der Waals surface area contributed by atoms with Gasteiger partial charge in [-0.05, 0) is 25.0 Å². The van der Waals surface area contributed by atoms with Crippen molar-refractivity contribution in [1.82, 2.24) is 0 Å². The molecule has 0 spiro atoms. The van der Waals surface area contributed by atoms with Crippen molar-refractivity contribution in [2.45, 2.75) is 45.7 Å². The van der Waals surface area contributed by atoms with Gasteiger partial charge in [0.15, 0.2) is 12.2 Å². The summed E-state index contributed by atoms with van der Waals surface area (Å²) in [5, 5.41) is 0. The molecule has 2 aromatic rings. The molecule has 0 amide bonds. The van der Waals surface area contributed by atoms with E-state index < -0.39 is 42.5 Å². The fourth-order valence-corrected chi connectivity index (χ4v) is 2.52. The lowest BCUT2D eigenvalue weighted by molar-refractivity contribution is -0.168. The molecule has 174 valence electrons. The number of ether oxygens (including phenoxy) is 4. The molecule has 0 heterocycles. The molecule has 8 heteroatoms. The summed E-state index contributed by atoms with van der Waals surface area (Å²) in [5.41, 5.74) is 1.34. The highest BCUT2D eigenvalue weighted by atomic mass is 16.6. The predicted octanol–water partition coefficient (Wildman–Crippen LogP) is 3.28. The summed E-state index contributed by atoms with van der Waals surface area (Å²) in [6, 6.07) is 18.0. The number of rotatable bonds is 11. The van der Waals surface area contributed by atoms with E-state index in [-0.39, 0.29) is 18.8 Å². The Labute approximate surface area is 192 Å². The Kier molecular flexibility index (Phi) is 9.82. The third-order valence-corrected chi connectivity index (χ3v) is 4.35. The van der Waals surface area contributed by atoms with Crippen LogP contribution in [0.15, 0.2) is 72.8 Å². The molecule has 0 fully saturated rings. The fraction of sp³-hybridized carbons (Fsp3) is 0.280. The molecule has 0 aliphatic heterocycles. The number of hydrogen-bond donors (Lipinski definition) is 0. The van der Waals surface area contributed by atoms with Crippen LogP contribution < -0.4 is 0 Å². The van der Waals surface area contributed by atoms with Crippen molar-refractivity contribution >= 4 is 23.9 Å². The highest BCUT2D eigenvalue weighted by Crippen LogP contribution is 2.10. The van der Waals surface area contributed by atoms with E-state index >= 15 is 0 Å². The van der Waals surface area contributed by atoms with E-state index in [4.69, 9.17) is 18.9 Å². The third kappa shape index (κ3) is 8.98. The Balaban J connectivity index is 1.71. The van der Waals surface area contributed by atoms with Crippen LogP contribution in [0.5, 0.6) is 0 Å². The highest BCUT2D eigenvalue weighted by molar-refractivity contribution is 5.95. The maximum Gasteiger partial charge on any atom is 0.347 e. The number of esters is 4. The lowest BCUT2D eigenvalue weighted by atomic mass is 10.2. The maximum atomic E-state index is 12.1. The summed E-state index contributed by atoms with van der Waals surface area (Å²) >= 11 is 0. The monoisotopic (exact) mass is 454 g/mol. The lowest BCUT2D eigenvalue weighted by Gasteiger charge is -2.15. The number of hydrogen-bond acceptors (Lipinski definition) is 8. The van der Waals surface area contributed by atoms with Gasteiger partial charge in [0, 0.05) is 5.57 Å². The van der Waals surface area contributed by atoms with Crippen LogP contribution in [0.3, 0.4) is 0 Å². The van der Waals surface area contributed by atoms with Gasteiger partial charge in [0.05, 0.1) is 6.42 Å². The van der Waals surface area contributed by atoms with Crippen LogP contribution in [0.1, 0.15) is 31.4 Å². The summed E-state index contributed by atoms with van der Waals surface area (Å²) in [6.07, 6.45) is -2.88. The van der Waals surface area contributed by atoms with Gasteiger partial charge in [-0.2, -0.15) is 0 Å². The van der Waals surface area contributed by atoms with Gasteiger partial charge in [-0.15, -0.1) is 0 Å². The molecular formula is C25H26O8. The average Bonchev–Trinajstić information content (AvgIpc) is 2.81. The molecule has 0 aliphatic carbocycles. The normalized spacial score (nSPS) is 12.1. The van der Waals surface area contributed by atoms with Crippen molar-refractivity contribution in [1.29, 1.82) is 0 Å². The van der Waals surface area contributed by atoms with Gasteiger partial charge in [-0.1, -0.05) is 67.2 Å². The Morgan fingerprint density at radius 3 is 1.61 bits per heavy atom. The average molecular weight is 454 g/mol. The van der Waals surface area contributed by atoms with Gasteiger partial charge in [0.2, 0.25) is 0 Å². The molecule has 8 nitrogen and oxygen atoms in total. The topological polar surface area (TPSA) is 105 Å². The third-order valence-electron chi connectivity index (χ3n) is 4.35. The van der Waals surface area contributed by atoms with Crippen molar-refractivity contribution in [2.24, 2.45) is 0 Å². The highest BCUT2D eigenvalue weighted by Gasteiger charge is 2.24. The van der Waals surface area contributed by atoms with Gasteiger partial charge in [-0.25, -0.2) is 14.4 Å². The Morgan fingerprint density at radius 1 is 0.727 bits per heavy atom. The molecule has 2 atom stereocenters. The number of carbonyl (C=O) groups is 4. The van der Waals surface area contributed by atoms with E-state index in [1.807, 2.05) is 12.1 Å². The van der Waals surface area contributed by atoms with Gasteiger partial charge < -0.3 is 18.9 Å². The Bertz CT molecular complexity index is 968. The van der Waals surface area contributed by atoms with Crippen LogP contribution in [0, 0.1) is 0 Å². The molecule has 2 unspecified atom stereocenters. The SMILES string of the molecule is C=C(CC(=O)OC(C)C(=O)OCc1ccccc1)C(=O)OC(C)C(=O)OCc1ccccc1. The molecule has 0 bridgehead atoms. The van der Waals surface area contributed by atoms with Crippen LogP contribution >= 0.6 is 0 Å². The van der Waals surface area contributed by atoms with E-state index in [1.165, 1.54) is 13.8 Å². The molecule has 2 aromatic carbocycles. The number of benzene rings is 2. The van der Waals surface area contributed by atoms with Crippen molar-refractivity contribution < 1.29 is 38.1 Å². The van der Waals surface area contributed by atoms with Gasteiger partial charge in [0.25, 0.3) is 0 Å². The zero-order valence-corrected chi connectivity index (χ0v) is 18.5. The molecule has 0 N–H and O–H groups in total. The van der Waals surface area contributed by atoms with Crippen molar-refractivity contribution in [3.63, 3.8) is 0 Å². The van der Waals surface area contributed by atoms with Crippen LogP contribution in [0.4, 0.5) is 0 Å². The largest absolute Gasteiger partial charge is 0.458 e. The van der Waals surface area contributed by atoms with E-state index in [1.54, 1.807) is 48.5 Å². The van der Waals surface area contributed by atoms with Crippen LogP contribution in [-0.4, -0.2) is 36.1 Å². The molecule has 0 aliphatic rings. The number of carbonyl (C=O) groups excluding carboxylic acids is 4. The van der Waals surface area contributed by atoms with Crippen molar-refractivity contribution in [3.05, 3.63) is 83.9 Å². The first-order valence-electron chi connectivity index (χ1n) is 10.3. The first-order valence-corrected chi connectivity index (χ1v) is 10.3. The van der Waals surface area contributed by atoms with Gasteiger partial charge in [0.1, 0.15) is 13.2 Å². The van der Waals surface area contributed by atoms with E-state index in [0.717, 1.165) is 11.1 Å². The molecule has 0 saturated carbocycles. The second kappa shape index (κ2) is 12.8. The summed E-state index contributed by atoms with van der Waals surface area (Å²) in [4.78, 5) is 48.2. The first-order chi connectivity index (χ1) is 15.8. The summed E-state index contributed by atoms with van der Waals surface area (Å²) in [7, 11) is 0. The summed E-state index contributed by atoms with van der Waals surface area (Å²) < 4.78 is 20.2. The minimum Gasteiger partial charge on any atom is -0.458 e. The van der Waals surface area contributed by atoms with E-state index in [9.17, 15) is 19.2 Å². The van der Waals surface area contributed by atoms with Crippen molar-refractivity contribution in [3.8, 4) is 0 Å². The minimum absolute atomic E-state index is 0.0348. The molecule has 33 heavy (non-hydrogen) atoms.